The number of carboxylic acids is 1. The highest BCUT2D eigenvalue weighted by Crippen LogP contribution is 2.52. The highest BCUT2D eigenvalue weighted by molar-refractivity contribution is 8.01. The highest BCUT2D eigenvalue weighted by atomic mass is 32.2. The number of carbonyl (C=O) groups is 3. The van der Waals surface area contributed by atoms with Crippen LogP contribution in [-0.4, -0.2) is 46.7 Å². The lowest BCUT2D eigenvalue weighted by molar-refractivity contribution is -0.138. The molecule has 2 atom stereocenters. The summed E-state index contributed by atoms with van der Waals surface area (Å²) in [5.41, 5.74) is 9.01. The molecule has 0 saturated carbocycles. The van der Waals surface area contributed by atoms with Crippen molar-refractivity contribution in [3.05, 3.63) is 65.4 Å². The summed E-state index contributed by atoms with van der Waals surface area (Å²) in [5, 5.41) is 15.4. The molecular weight excluding hydrogens is 404 g/mol. The summed E-state index contributed by atoms with van der Waals surface area (Å²) in [5.74, 6) is -1.63. The highest BCUT2D eigenvalue weighted by Gasteiger charge is 2.50. The van der Waals surface area contributed by atoms with E-state index in [1.807, 2.05) is 18.2 Å². The molecule has 6 N–H and O–H groups in total. The number of hydrogen-bond donors (Lipinski definition) is 5. The molecular formula is C21H20N4O4S. The number of aliphatic carboxylic acids is 1. The van der Waals surface area contributed by atoms with Crippen LogP contribution in [0.2, 0.25) is 0 Å². The van der Waals surface area contributed by atoms with Crippen LogP contribution in [0.3, 0.4) is 0 Å². The molecule has 8 nitrogen and oxygen atoms in total. The van der Waals surface area contributed by atoms with Gasteiger partial charge in [-0.2, -0.15) is 0 Å². The van der Waals surface area contributed by atoms with Crippen molar-refractivity contribution in [3.8, 4) is 0 Å². The van der Waals surface area contributed by atoms with Gasteiger partial charge in [-0.05, 0) is 24.3 Å². The zero-order chi connectivity index (χ0) is 21.5. The zero-order valence-corrected chi connectivity index (χ0v) is 16.9. The van der Waals surface area contributed by atoms with Crippen molar-refractivity contribution in [2.75, 3.05) is 18.1 Å². The molecule has 154 valence electrons. The van der Waals surface area contributed by atoms with E-state index >= 15 is 0 Å². The molecule has 1 aliphatic heterocycles. The predicted molar refractivity (Wildman–Crippen MR) is 116 cm³/mol. The molecule has 2 heterocycles. The van der Waals surface area contributed by atoms with Crippen LogP contribution in [-0.2, 0) is 14.3 Å². The number of aromatic nitrogens is 1. The molecule has 1 aliphatic rings. The van der Waals surface area contributed by atoms with Crippen molar-refractivity contribution in [2.45, 2.75) is 10.8 Å². The molecule has 0 spiro atoms. The van der Waals surface area contributed by atoms with Crippen molar-refractivity contribution in [1.29, 1.82) is 0 Å². The van der Waals surface area contributed by atoms with E-state index in [4.69, 9.17) is 5.73 Å². The van der Waals surface area contributed by atoms with E-state index in [0.717, 1.165) is 11.1 Å². The Bertz CT molecular complexity index is 1170. The first-order valence-electron chi connectivity index (χ1n) is 9.25. The van der Waals surface area contributed by atoms with E-state index in [0.29, 0.717) is 22.2 Å². The van der Waals surface area contributed by atoms with Crippen LogP contribution in [0, 0.1) is 0 Å². The second-order valence-electron chi connectivity index (χ2n) is 6.98. The number of carbonyl (C=O) groups excluding carboxylic acids is 2. The van der Waals surface area contributed by atoms with Gasteiger partial charge in [0.05, 0.1) is 0 Å². The van der Waals surface area contributed by atoms with Gasteiger partial charge >= 0.3 is 5.97 Å². The van der Waals surface area contributed by atoms with Gasteiger partial charge in [-0.1, -0.05) is 18.2 Å². The van der Waals surface area contributed by atoms with Gasteiger partial charge in [-0.15, -0.1) is 11.8 Å². The van der Waals surface area contributed by atoms with Gasteiger partial charge in [0.2, 0.25) is 5.91 Å². The minimum atomic E-state index is -1.21. The van der Waals surface area contributed by atoms with Gasteiger partial charge in [0.15, 0.2) is 0 Å². The minimum absolute atomic E-state index is 0.0267. The first kappa shape index (κ1) is 20.0. The molecule has 0 bridgehead atoms. The fourth-order valence-electron chi connectivity index (χ4n) is 3.70. The van der Waals surface area contributed by atoms with E-state index in [2.05, 4.69) is 15.6 Å². The number of benzene rings is 2. The van der Waals surface area contributed by atoms with Crippen molar-refractivity contribution in [3.63, 3.8) is 0 Å². The number of hydrogen-bond acceptors (Lipinski definition) is 5. The number of carboxylic acid groups (broad SMARTS) is 1. The number of thioether (sulfide) groups is 1. The molecule has 9 heteroatoms. The third-order valence-electron chi connectivity index (χ3n) is 5.22. The number of rotatable bonds is 6. The lowest BCUT2D eigenvalue weighted by Crippen LogP contribution is -2.38. The van der Waals surface area contributed by atoms with E-state index in [1.54, 1.807) is 37.5 Å². The quantitative estimate of drug-likeness (QED) is 0.410. The van der Waals surface area contributed by atoms with Crippen LogP contribution in [0.25, 0.3) is 10.9 Å². The topological polar surface area (TPSA) is 137 Å². The van der Waals surface area contributed by atoms with Crippen molar-refractivity contribution < 1.29 is 19.5 Å². The fraction of sp³-hybridized carbons (Fsp3) is 0.190. The number of anilines is 1. The monoisotopic (exact) mass is 424 g/mol. The Morgan fingerprint density at radius 2 is 2.00 bits per heavy atom. The third-order valence-corrected chi connectivity index (χ3v) is 6.81. The molecule has 3 aromatic rings. The molecule has 2 amide bonds. The Morgan fingerprint density at radius 1 is 1.23 bits per heavy atom. The molecule has 2 aromatic carbocycles. The standard InChI is InChI=1S/C21H20N4O4S/c1-23-18(26)11-6-7-16-12(8-11)14(9-24-16)21(30-10-15(22)19(27)28)13-4-2-3-5-17(13)25-20(21)29/h2-9,15,24H,10,22H2,1H3,(H,23,26)(H,25,29)(H,27,28)/t15-,21?/m0/s1. The fourth-order valence-corrected chi connectivity index (χ4v) is 5.12. The second-order valence-corrected chi connectivity index (χ2v) is 8.21. The molecule has 0 saturated heterocycles. The van der Waals surface area contributed by atoms with E-state index < -0.39 is 16.8 Å². The Balaban J connectivity index is 1.92. The maximum Gasteiger partial charge on any atom is 0.321 e. The molecule has 0 aliphatic carbocycles. The van der Waals surface area contributed by atoms with Crippen molar-refractivity contribution >= 4 is 46.1 Å². The van der Waals surface area contributed by atoms with Crippen molar-refractivity contribution in [2.24, 2.45) is 5.73 Å². The number of aromatic amines is 1. The molecule has 1 unspecified atom stereocenters. The lowest BCUT2D eigenvalue weighted by atomic mass is 9.90. The van der Waals surface area contributed by atoms with Gasteiger partial charge in [0.25, 0.3) is 5.91 Å². The molecule has 4 rings (SSSR count). The van der Waals surface area contributed by atoms with Crippen LogP contribution in [0.1, 0.15) is 21.5 Å². The first-order valence-corrected chi connectivity index (χ1v) is 10.2. The summed E-state index contributed by atoms with van der Waals surface area (Å²) in [7, 11) is 1.55. The van der Waals surface area contributed by atoms with Gasteiger partial charge in [-0.3, -0.25) is 14.4 Å². The maximum atomic E-state index is 13.3. The number of amides is 2. The average Bonchev–Trinajstić information content (AvgIpc) is 3.29. The van der Waals surface area contributed by atoms with Gasteiger partial charge in [0.1, 0.15) is 10.8 Å². The average molecular weight is 424 g/mol. The van der Waals surface area contributed by atoms with Crippen LogP contribution in [0.5, 0.6) is 0 Å². The van der Waals surface area contributed by atoms with Gasteiger partial charge in [-0.25, -0.2) is 0 Å². The smallest absolute Gasteiger partial charge is 0.321 e. The summed E-state index contributed by atoms with van der Waals surface area (Å²) in [6.07, 6.45) is 1.74. The summed E-state index contributed by atoms with van der Waals surface area (Å²) >= 11 is 1.17. The van der Waals surface area contributed by atoms with Crippen LogP contribution < -0.4 is 16.4 Å². The number of para-hydroxylation sites is 1. The van der Waals surface area contributed by atoms with E-state index in [-0.39, 0.29) is 17.6 Å². The third kappa shape index (κ3) is 3.03. The molecule has 30 heavy (non-hydrogen) atoms. The minimum Gasteiger partial charge on any atom is -0.480 e. The summed E-state index contributed by atoms with van der Waals surface area (Å²) < 4.78 is -1.21. The normalized spacial score (nSPS) is 18.7. The van der Waals surface area contributed by atoms with E-state index in [9.17, 15) is 19.5 Å². The number of nitrogens with one attached hydrogen (secondary N) is 3. The van der Waals surface area contributed by atoms with Crippen molar-refractivity contribution in [1.82, 2.24) is 10.3 Å². The SMILES string of the molecule is CNC(=O)c1ccc2[nH]cc(C3(SC[C@H](N)C(=O)O)C(=O)Nc4ccccc43)c2c1. The summed E-state index contributed by atoms with van der Waals surface area (Å²) in [4.78, 5) is 40.0. The Hall–Kier alpha value is -3.30. The zero-order valence-electron chi connectivity index (χ0n) is 16.1. The first-order chi connectivity index (χ1) is 14.4. The van der Waals surface area contributed by atoms with Crippen LogP contribution in [0.15, 0.2) is 48.7 Å². The molecule has 0 fully saturated rings. The van der Waals surface area contributed by atoms with E-state index in [1.165, 1.54) is 11.8 Å². The van der Waals surface area contributed by atoms with Crippen LogP contribution >= 0.6 is 11.8 Å². The molecule has 0 radical (unpaired) electrons. The maximum absolute atomic E-state index is 13.3. The van der Waals surface area contributed by atoms with Crippen LogP contribution in [0.4, 0.5) is 5.69 Å². The summed E-state index contributed by atoms with van der Waals surface area (Å²) in [6.45, 7) is 0. The second kappa shape index (κ2) is 7.51. The number of fused-ring (bicyclic) bond motifs is 2. The number of nitrogens with two attached hydrogens (primary N) is 1. The molecule has 1 aromatic heterocycles. The number of H-pyrrole nitrogens is 1. The van der Waals surface area contributed by atoms with Gasteiger partial charge in [0, 0.05) is 52.3 Å². The Labute approximate surface area is 176 Å². The predicted octanol–water partition coefficient (Wildman–Crippen LogP) is 1.87. The lowest BCUT2D eigenvalue weighted by Gasteiger charge is -2.27. The summed E-state index contributed by atoms with van der Waals surface area (Å²) in [6, 6.07) is 11.4. The Kier molecular flexibility index (Phi) is 5.00. The largest absolute Gasteiger partial charge is 0.480 e. The van der Waals surface area contributed by atoms with Gasteiger partial charge < -0.3 is 26.5 Å². The Morgan fingerprint density at radius 3 is 2.73 bits per heavy atom.